The molecular weight excluding hydrogens is 479 g/mol. The molecule has 1 aromatic carbocycles. The monoisotopic (exact) mass is 516 g/mol. The molecule has 1 saturated heterocycles. The van der Waals surface area contributed by atoms with Crippen LogP contribution in [0.2, 0.25) is 0 Å². The number of morpholine rings is 1. The Morgan fingerprint density at radius 1 is 1.21 bits per heavy atom. The second-order valence-corrected chi connectivity index (χ2v) is 7.90. The Hall–Kier alpha value is -1.06. The first-order valence-corrected chi connectivity index (χ1v) is 10.7. The largest absolute Gasteiger partial charge is 0.492 e. The maximum atomic E-state index is 6.08. The van der Waals surface area contributed by atoms with Crippen molar-refractivity contribution in [3.8, 4) is 5.75 Å². The fourth-order valence-electron chi connectivity index (χ4n) is 3.90. The van der Waals surface area contributed by atoms with Crippen molar-refractivity contribution < 1.29 is 9.47 Å². The molecule has 7 heteroatoms. The lowest BCUT2D eigenvalue weighted by Crippen LogP contribution is -2.46. The SMILES string of the molecule is CCC1(CNC(=NC)NCc2ccccc2OCCN2CCOCC2)CCC1.I. The van der Waals surface area contributed by atoms with Gasteiger partial charge in [0.2, 0.25) is 0 Å². The third-order valence-electron chi connectivity index (χ3n) is 6.21. The van der Waals surface area contributed by atoms with Gasteiger partial charge < -0.3 is 20.1 Å². The van der Waals surface area contributed by atoms with Crippen LogP contribution in [-0.4, -0.2) is 63.9 Å². The van der Waals surface area contributed by atoms with E-state index in [1.807, 2.05) is 19.2 Å². The highest BCUT2D eigenvalue weighted by molar-refractivity contribution is 14.0. The lowest BCUT2D eigenvalue weighted by molar-refractivity contribution is 0.0322. The number of benzene rings is 1. The van der Waals surface area contributed by atoms with E-state index in [-0.39, 0.29) is 24.0 Å². The standard InChI is InChI=1S/C22H36N4O2.HI/c1-3-22(9-6-10-22)18-25-21(23-2)24-17-19-7-4-5-8-20(19)28-16-13-26-11-14-27-15-12-26;/h4-5,7-8H,3,6,9-18H2,1-2H3,(H2,23,24,25);1H. The van der Waals surface area contributed by atoms with Crippen molar-refractivity contribution in [2.45, 2.75) is 39.2 Å². The number of nitrogens with zero attached hydrogens (tertiary/aromatic N) is 2. The number of nitrogens with one attached hydrogen (secondary N) is 2. The maximum Gasteiger partial charge on any atom is 0.191 e. The Kier molecular flexibility index (Phi) is 10.5. The van der Waals surface area contributed by atoms with Crippen LogP contribution in [0.5, 0.6) is 5.75 Å². The summed E-state index contributed by atoms with van der Waals surface area (Å²) in [5.74, 6) is 1.81. The Bertz CT molecular complexity index is 625. The summed E-state index contributed by atoms with van der Waals surface area (Å²) in [5.41, 5.74) is 1.62. The third-order valence-corrected chi connectivity index (χ3v) is 6.21. The molecule has 0 amide bonds. The number of hydrogen-bond acceptors (Lipinski definition) is 4. The van der Waals surface area contributed by atoms with Crippen LogP contribution in [0.15, 0.2) is 29.3 Å². The summed E-state index contributed by atoms with van der Waals surface area (Å²) in [4.78, 5) is 6.78. The minimum absolute atomic E-state index is 0. The molecule has 3 rings (SSSR count). The molecular formula is C22H37IN4O2. The van der Waals surface area contributed by atoms with Gasteiger partial charge in [0.15, 0.2) is 5.96 Å². The zero-order chi connectivity index (χ0) is 19.7. The molecule has 2 fully saturated rings. The van der Waals surface area contributed by atoms with Gasteiger partial charge in [-0.3, -0.25) is 9.89 Å². The van der Waals surface area contributed by atoms with E-state index in [2.05, 4.69) is 39.6 Å². The van der Waals surface area contributed by atoms with E-state index < -0.39 is 0 Å². The summed E-state index contributed by atoms with van der Waals surface area (Å²) in [6.07, 6.45) is 5.24. The number of ether oxygens (including phenoxy) is 2. The van der Waals surface area contributed by atoms with Crippen LogP contribution in [0.4, 0.5) is 0 Å². The van der Waals surface area contributed by atoms with E-state index in [0.717, 1.165) is 56.7 Å². The van der Waals surface area contributed by atoms with Gasteiger partial charge in [-0.1, -0.05) is 31.5 Å². The van der Waals surface area contributed by atoms with Crippen LogP contribution in [0.3, 0.4) is 0 Å². The number of hydrogen-bond donors (Lipinski definition) is 2. The molecule has 0 radical (unpaired) electrons. The molecule has 2 N–H and O–H groups in total. The fraction of sp³-hybridized carbons (Fsp3) is 0.682. The van der Waals surface area contributed by atoms with Crippen molar-refractivity contribution in [3.63, 3.8) is 0 Å². The van der Waals surface area contributed by atoms with Crippen LogP contribution in [0.1, 0.15) is 38.2 Å². The number of halogens is 1. The summed E-state index contributed by atoms with van der Waals surface area (Å²) in [5, 5.41) is 6.96. The average molecular weight is 516 g/mol. The second kappa shape index (κ2) is 12.6. The van der Waals surface area contributed by atoms with Crippen molar-refractivity contribution in [2.75, 3.05) is 53.0 Å². The van der Waals surface area contributed by atoms with Gasteiger partial charge in [0.25, 0.3) is 0 Å². The zero-order valence-corrected chi connectivity index (χ0v) is 20.2. The van der Waals surface area contributed by atoms with Crippen LogP contribution in [0.25, 0.3) is 0 Å². The van der Waals surface area contributed by atoms with E-state index in [1.165, 1.54) is 25.7 Å². The Labute approximate surface area is 192 Å². The summed E-state index contributed by atoms with van der Waals surface area (Å²) in [6, 6.07) is 8.25. The predicted molar refractivity (Wildman–Crippen MR) is 129 cm³/mol. The van der Waals surface area contributed by atoms with Gasteiger partial charge in [0, 0.05) is 45.3 Å². The highest BCUT2D eigenvalue weighted by Crippen LogP contribution is 2.42. The third kappa shape index (κ3) is 7.29. The quantitative estimate of drug-likeness (QED) is 0.300. The maximum absolute atomic E-state index is 6.08. The van der Waals surface area contributed by atoms with Gasteiger partial charge in [0.05, 0.1) is 13.2 Å². The minimum atomic E-state index is 0. The highest BCUT2D eigenvalue weighted by Gasteiger charge is 2.34. The van der Waals surface area contributed by atoms with Crippen molar-refractivity contribution in [2.24, 2.45) is 10.4 Å². The molecule has 2 aliphatic rings. The fourth-order valence-corrected chi connectivity index (χ4v) is 3.90. The van der Waals surface area contributed by atoms with Gasteiger partial charge in [-0.2, -0.15) is 0 Å². The molecule has 1 aromatic rings. The van der Waals surface area contributed by atoms with Crippen LogP contribution in [-0.2, 0) is 11.3 Å². The minimum Gasteiger partial charge on any atom is -0.492 e. The number of aliphatic imine (C=N–C) groups is 1. The van der Waals surface area contributed by atoms with Gasteiger partial charge in [-0.15, -0.1) is 24.0 Å². The van der Waals surface area contributed by atoms with Gasteiger partial charge >= 0.3 is 0 Å². The van der Waals surface area contributed by atoms with Gasteiger partial charge in [0.1, 0.15) is 12.4 Å². The van der Waals surface area contributed by atoms with E-state index in [9.17, 15) is 0 Å². The summed E-state index contributed by atoms with van der Waals surface area (Å²) in [7, 11) is 1.83. The molecule has 0 aromatic heterocycles. The molecule has 1 aliphatic heterocycles. The summed E-state index contributed by atoms with van der Waals surface area (Å²) >= 11 is 0. The molecule has 164 valence electrons. The topological polar surface area (TPSA) is 58.1 Å². The first kappa shape index (κ1) is 24.2. The van der Waals surface area contributed by atoms with Crippen molar-refractivity contribution in [1.29, 1.82) is 0 Å². The lowest BCUT2D eigenvalue weighted by atomic mass is 9.67. The van der Waals surface area contributed by atoms with E-state index in [4.69, 9.17) is 9.47 Å². The second-order valence-electron chi connectivity index (χ2n) is 7.90. The van der Waals surface area contributed by atoms with E-state index in [0.29, 0.717) is 18.6 Å². The number of para-hydroxylation sites is 1. The number of guanidine groups is 1. The van der Waals surface area contributed by atoms with Gasteiger partial charge in [-0.05, 0) is 30.7 Å². The van der Waals surface area contributed by atoms with Crippen LogP contribution in [0, 0.1) is 5.41 Å². The average Bonchev–Trinajstić information content (AvgIpc) is 2.71. The molecule has 0 unspecified atom stereocenters. The first-order chi connectivity index (χ1) is 13.7. The molecule has 0 atom stereocenters. The van der Waals surface area contributed by atoms with Crippen molar-refractivity contribution in [3.05, 3.63) is 29.8 Å². The zero-order valence-electron chi connectivity index (χ0n) is 17.9. The molecule has 1 aliphatic carbocycles. The van der Waals surface area contributed by atoms with Crippen molar-refractivity contribution >= 4 is 29.9 Å². The highest BCUT2D eigenvalue weighted by atomic mass is 127. The molecule has 1 saturated carbocycles. The molecule has 0 bridgehead atoms. The lowest BCUT2D eigenvalue weighted by Gasteiger charge is -2.41. The molecule has 0 spiro atoms. The normalized spacial score (nSPS) is 19.0. The van der Waals surface area contributed by atoms with E-state index in [1.54, 1.807) is 0 Å². The Morgan fingerprint density at radius 2 is 1.97 bits per heavy atom. The Morgan fingerprint density at radius 3 is 2.62 bits per heavy atom. The number of rotatable bonds is 9. The van der Waals surface area contributed by atoms with Gasteiger partial charge in [-0.25, -0.2) is 0 Å². The molecule has 29 heavy (non-hydrogen) atoms. The predicted octanol–water partition coefficient (Wildman–Crippen LogP) is 3.26. The summed E-state index contributed by atoms with van der Waals surface area (Å²) in [6.45, 7) is 9.27. The first-order valence-electron chi connectivity index (χ1n) is 10.7. The van der Waals surface area contributed by atoms with Crippen LogP contribution >= 0.6 is 24.0 Å². The van der Waals surface area contributed by atoms with E-state index >= 15 is 0 Å². The Balaban J connectivity index is 0.00000300. The molecule has 1 heterocycles. The van der Waals surface area contributed by atoms with Crippen LogP contribution < -0.4 is 15.4 Å². The molecule has 6 nitrogen and oxygen atoms in total. The van der Waals surface area contributed by atoms with Crippen molar-refractivity contribution in [1.82, 2.24) is 15.5 Å². The smallest absolute Gasteiger partial charge is 0.191 e. The summed E-state index contributed by atoms with van der Waals surface area (Å²) < 4.78 is 11.5.